The van der Waals surface area contributed by atoms with Crippen molar-refractivity contribution in [3.63, 3.8) is 0 Å². The Morgan fingerprint density at radius 1 is 1.53 bits per heavy atom. The second-order valence-corrected chi connectivity index (χ2v) is 4.99. The van der Waals surface area contributed by atoms with E-state index < -0.39 is 11.4 Å². The van der Waals surface area contributed by atoms with E-state index in [1.807, 2.05) is 22.9 Å². The van der Waals surface area contributed by atoms with Crippen LogP contribution in [-0.4, -0.2) is 22.2 Å². The van der Waals surface area contributed by atoms with Crippen LogP contribution in [0.25, 0.3) is 0 Å². The number of aliphatic carboxylic acids is 1. The lowest BCUT2D eigenvalue weighted by molar-refractivity contribution is -0.147. The van der Waals surface area contributed by atoms with Crippen molar-refractivity contribution in [3.05, 3.63) is 24.0 Å². The third-order valence-corrected chi connectivity index (χ3v) is 2.80. The van der Waals surface area contributed by atoms with Crippen LogP contribution in [0.1, 0.15) is 32.9 Å². The van der Waals surface area contributed by atoms with Crippen LogP contribution in [0.4, 0.5) is 0 Å². The number of hydrogen-bond acceptors (Lipinski definition) is 2. The minimum atomic E-state index is -0.765. The minimum Gasteiger partial charge on any atom is -0.481 e. The second-order valence-electron chi connectivity index (χ2n) is 4.99. The largest absolute Gasteiger partial charge is 0.481 e. The summed E-state index contributed by atoms with van der Waals surface area (Å²) < 4.78 is 2.01. The average molecular weight is 238 g/mol. The van der Waals surface area contributed by atoms with Gasteiger partial charge < -0.3 is 15.0 Å². The molecule has 0 bridgehead atoms. The fraction of sp³-hybridized carbons (Fsp3) is 0.615. The smallest absolute Gasteiger partial charge is 0.310 e. The number of carboxylic acids is 1. The molecule has 1 rings (SSSR count). The third kappa shape index (κ3) is 3.89. The molecule has 2 N–H and O–H groups in total. The molecule has 0 unspecified atom stereocenters. The van der Waals surface area contributed by atoms with Crippen LogP contribution in [0.2, 0.25) is 0 Å². The maximum atomic E-state index is 11.1. The number of carboxylic acid groups (broad SMARTS) is 1. The topological polar surface area (TPSA) is 54.3 Å². The summed E-state index contributed by atoms with van der Waals surface area (Å²) in [6.45, 7) is 7.89. The van der Waals surface area contributed by atoms with Crippen molar-refractivity contribution in [2.24, 2.45) is 5.41 Å². The summed E-state index contributed by atoms with van der Waals surface area (Å²) in [6, 6.07) is 3.99. The van der Waals surface area contributed by atoms with Crippen molar-refractivity contribution in [2.45, 2.75) is 40.3 Å². The van der Waals surface area contributed by atoms with E-state index in [2.05, 4.69) is 12.2 Å². The number of carbonyl (C=O) groups is 1. The number of hydrogen-bond donors (Lipinski definition) is 2. The van der Waals surface area contributed by atoms with Crippen molar-refractivity contribution < 1.29 is 9.90 Å². The average Bonchev–Trinajstić information content (AvgIpc) is 2.65. The maximum Gasteiger partial charge on any atom is 0.310 e. The lowest BCUT2D eigenvalue weighted by Crippen LogP contribution is -2.30. The predicted molar refractivity (Wildman–Crippen MR) is 67.8 cm³/mol. The number of rotatable bonds is 7. The summed E-state index contributed by atoms with van der Waals surface area (Å²) in [5, 5.41) is 12.4. The Morgan fingerprint density at radius 3 is 2.82 bits per heavy atom. The number of nitrogens with one attached hydrogen (secondary N) is 1. The normalized spacial score (nSPS) is 11.7. The van der Waals surface area contributed by atoms with Gasteiger partial charge in [-0.1, -0.05) is 6.92 Å². The fourth-order valence-electron chi connectivity index (χ4n) is 1.65. The second kappa shape index (κ2) is 5.87. The van der Waals surface area contributed by atoms with Gasteiger partial charge in [-0.2, -0.15) is 0 Å². The minimum absolute atomic E-state index is 0.498. The molecule has 0 amide bonds. The molecule has 17 heavy (non-hydrogen) atoms. The van der Waals surface area contributed by atoms with Crippen LogP contribution < -0.4 is 5.32 Å². The van der Waals surface area contributed by atoms with E-state index in [9.17, 15) is 4.79 Å². The highest BCUT2D eigenvalue weighted by Crippen LogP contribution is 2.19. The van der Waals surface area contributed by atoms with Crippen molar-refractivity contribution in [2.75, 3.05) is 6.54 Å². The zero-order valence-electron chi connectivity index (χ0n) is 10.9. The lowest BCUT2D eigenvalue weighted by atomic mass is 9.94. The Labute approximate surface area is 103 Å². The van der Waals surface area contributed by atoms with Crippen molar-refractivity contribution in [3.8, 4) is 0 Å². The third-order valence-electron chi connectivity index (χ3n) is 2.80. The van der Waals surface area contributed by atoms with Gasteiger partial charge in [0.15, 0.2) is 0 Å². The number of aromatic nitrogens is 1. The Hall–Kier alpha value is -1.29. The summed E-state index contributed by atoms with van der Waals surface area (Å²) in [6.07, 6.45) is 3.04. The van der Waals surface area contributed by atoms with Gasteiger partial charge in [0, 0.05) is 25.0 Å². The van der Waals surface area contributed by atoms with Crippen LogP contribution in [0.5, 0.6) is 0 Å². The molecule has 96 valence electrons. The molecule has 0 fully saturated rings. The molecular weight excluding hydrogens is 216 g/mol. The van der Waals surface area contributed by atoms with Gasteiger partial charge in [-0.15, -0.1) is 0 Å². The molecule has 0 saturated heterocycles. The van der Waals surface area contributed by atoms with Gasteiger partial charge >= 0.3 is 5.97 Å². The molecule has 1 heterocycles. The standard InChI is InChI=1S/C13H22N2O2/c1-4-7-14-9-11-6-5-8-15(11)10-13(2,3)12(16)17/h5-6,8,14H,4,7,9-10H2,1-3H3,(H,16,17). The highest BCUT2D eigenvalue weighted by Gasteiger charge is 2.27. The van der Waals surface area contributed by atoms with E-state index in [1.165, 1.54) is 0 Å². The first kappa shape index (κ1) is 13.8. The van der Waals surface area contributed by atoms with Gasteiger partial charge in [0.25, 0.3) is 0 Å². The molecule has 0 atom stereocenters. The summed E-state index contributed by atoms with van der Waals surface area (Å²) in [5.41, 5.74) is 0.395. The van der Waals surface area contributed by atoms with E-state index in [4.69, 9.17) is 5.11 Å². The molecule has 1 aromatic rings. The number of nitrogens with zero attached hydrogens (tertiary/aromatic N) is 1. The zero-order valence-corrected chi connectivity index (χ0v) is 10.9. The van der Waals surface area contributed by atoms with Gasteiger partial charge in [-0.05, 0) is 38.9 Å². The molecule has 0 saturated carbocycles. The Morgan fingerprint density at radius 2 is 2.24 bits per heavy atom. The molecular formula is C13H22N2O2. The first-order valence-electron chi connectivity index (χ1n) is 6.05. The van der Waals surface area contributed by atoms with Crippen molar-refractivity contribution in [1.29, 1.82) is 0 Å². The van der Waals surface area contributed by atoms with Gasteiger partial charge in [-0.25, -0.2) is 0 Å². The SMILES string of the molecule is CCCNCc1cccn1CC(C)(C)C(=O)O. The molecule has 0 aliphatic rings. The molecule has 0 aliphatic heterocycles. The van der Waals surface area contributed by atoms with E-state index >= 15 is 0 Å². The van der Waals surface area contributed by atoms with Gasteiger partial charge in [-0.3, -0.25) is 4.79 Å². The Balaban J connectivity index is 2.65. The molecule has 4 nitrogen and oxygen atoms in total. The Kier molecular flexibility index (Phi) is 4.75. The molecule has 0 radical (unpaired) electrons. The van der Waals surface area contributed by atoms with Crippen LogP contribution in [0.3, 0.4) is 0 Å². The van der Waals surface area contributed by atoms with E-state index in [-0.39, 0.29) is 0 Å². The van der Waals surface area contributed by atoms with Crippen LogP contribution in [-0.2, 0) is 17.9 Å². The van der Waals surface area contributed by atoms with Crippen molar-refractivity contribution in [1.82, 2.24) is 9.88 Å². The van der Waals surface area contributed by atoms with E-state index in [1.54, 1.807) is 13.8 Å². The Bertz CT molecular complexity index is 369. The predicted octanol–water partition coefficient (Wildman–Crippen LogP) is 2.10. The fourth-order valence-corrected chi connectivity index (χ4v) is 1.65. The van der Waals surface area contributed by atoms with Gasteiger partial charge in [0.05, 0.1) is 5.41 Å². The molecule has 1 aromatic heterocycles. The maximum absolute atomic E-state index is 11.1. The van der Waals surface area contributed by atoms with E-state index in [0.29, 0.717) is 6.54 Å². The molecule has 0 aromatic carbocycles. The molecule has 4 heteroatoms. The van der Waals surface area contributed by atoms with Crippen LogP contribution in [0, 0.1) is 5.41 Å². The zero-order chi connectivity index (χ0) is 12.9. The van der Waals surface area contributed by atoms with E-state index in [0.717, 1.165) is 25.2 Å². The lowest BCUT2D eigenvalue weighted by Gasteiger charge is -2.21. The molecule has 0 spiro atoms. The van der Waals surface area contributed by atoms with Crippen molar-refractivity contribution >= 4 is 5.97 Å². The summed E-state index contributed by atoms with van der Waals surface area (Å²) in [4.78, 5) is 11.1. The summed E-state index contributed by atoms with van der Waals surface area (Å²) in [5.74, 6) is -0.765. The first-order chi connectivity index (χ1) is 7.97. The summed E-state index contributed by atoms with van der Waals surface area (Å²) in [7, 11) is 0. The summed E-state index contributed by atoms with van der Waals surface area (Å²) >= 11 is 0. The quantitative estimate of drug-likeness (QED) is 0.715. The first-order valence-corrected chi connectivity index (χ1v) is 6.05. The van der Waals surface area contributed by atoms with Gasteiger partial charge in [0.2, 0.25) is 0 Å². The van der Waals surface area contributed by atoms with Gasteiger partial charge in [0.1, 0.15) is 0 Å². The molecule has 0 aliphatic carbocycles. The monoisotopic (exact) mass is 238 g/mol. The highest BCUT2D eigenvalue weighted by molar-refractivity contribution is 5.73. The highest BCUT2D eigenvalue weighted by atomic mass is 16.4. The van der Waals surface area contributed by atoms with Crippen LogP contribution in [0.15, 0.2) is 18.3 Å². The van der Waals surface area contributed by atoms with Crippen LogP contribution >= 0.6 is 0 Å².